The van der Waals surface area contributed by atoms with E-state index in [1.54, 1.807) is 18.3 Å². The van der Waals surface area contributed by atoms with Crippen LogP contribution in [0.15, 0.2) is 41.2 Å². The van der Waals surface area contributed by atoms with Crippen molar-refractivity contribution in [1.29, 1.82) is 0 Å². The van der Waals surface area contributed by atoms with Gasteiger partial charge >= 0.3 is 0 Å². The quantitative estimate of drug-likeness (QED) is 0.499. The minimum absolute atomic E-state index is 0.0412. The van der Waals surface area contributed by atoms with Crippen molar-refractivity contribution in [3.63, 3.8) is 0 Å². The first-order valence-corrected chi connectivity index (χ1v) is 13.3. The van der Waals surface area contributed by atoms with Gasteiger partial charge in [0.25, 0.3) is 15.9 Å². The van der Waals surface area contributed by atoms with Crippen LogP contribution in [-0.2, 0) is 10.0 Å². The first-order chi connectivity index (χ1) is 16.3. The molecule has 1 fully saturated rings. The Hall–Kier alpha value is -3.14. The zero-order chi connectivity index (χ0) is 26.0. The van der Waals surface area contributed by atoms with E-state index < -0.39 is 15.9 Å². The molecular formula is C25H36N6O3S. The van der Waals surface area contributed by atoms with Gasteiger partial charge in [0, 0.05) is 24.0 Å². The molecule has 9 nitrogen and oxygen atoms in total. The molecule has 0 aliphatic carbocycles. The average Bonchev–Trinajstić information content (AvgIpc) is 3.03. The zero-order valence-corrected chi connectivity index (χ0v) is 21.9. The summed E-state index contributed by atoms with van der Waals surface area (Å²) in [5.74, 6) is 0.594. The lowest BCUT2D eigenvalue weighted by Crippen LogP contribution is -2.41. The highest BCUT2D eigenvalue weighted by atomic mass is 32.2. The van der Waals surface area contributed by atoms with Gasteiger partial charge in [-0.2, -0.15) is 8.42 Å². The number of anilines is 2. The van der Waals surface area contributed by atoms with Crippen LogP contribution < -0.4 is 21.1 Å². The number of hydrogen-bond donors (Lipinski definition) is 3. The van der Waals surface area contributed by atoms with Gasteiger partial charge in [0.2, 0.25) is 0 Å². The minimum Gasteiger partial charge on any atom is -0.402 e. The van der Waals surface area contributed by atoms with E-state index in [0.29, 0.717) is 41.9 Å². The number of amides is 1. The Balaban J connectivity index is 2.01. The molecule has 1 unspecified atom stereocenters. The van der Waals surface area contributed by atoms with Crippen molar-refractivity contribution in [2.75, 3.05) is 17.2 Å². The summed E-state index contributed by atoms with van der Waals surface area (Å²) >= 11 is 0. The molecule has 1 aliphatic heterocycles. The largest absolute Gasteiger partial charge is 0.402 e. The Labute approximate surface area is 208 Å². The van der Waals surface area contributed by atoms with Gasteiger partial charge in [0.15, 0.2) is 5.03 Å². The molecule has 1 saturated heterocycles. The topological polar surface area (TPSA) is 144 Å². The summed E-state index contributed by atoms with van der Waals surface area (Å²) < 4.78 is 27.9. The maximum Gasteiger partial charge on any atom is 0.281 e. The number of nitrogens with two attached hydrogens (primary N) is 2. The number of carbonyl (C=O) groups is 1. The second-order valence-electron chi connectivity index (χ2n) is 10.4. The number of rotatable bonds is 8. The summed E-state index contributed by atoms with van der Waals surface area (Å²) in [5.41, 5.74) is 13.0. The van der Waals surface area contributed by atoms with E-state index in [9.17, 15) is 13.2 Å². The van der Waals surface area contributed by atoms with Crippen LogP contribution in [0.25, 0.3) is 6.08 Å². The third-order valence-electron chi connectivity index (χ3n) is 6.07. The predicted octanol–water partition coefficient (Wildman–Crippen LogP) is 3.54. The highest BCUT2D eigenvalue weighted by Gasteiger charge is 2.39. The van der Waals surface area contributed by atoms with Gasteiger partial charge in [0.1, 0.15) is 11.6 Å². The maximum absolute atomic E-state index is 13.4. The Kier molecular flexibility index (Phi) is 7.74. The lowest BCUT2D eigenvalue weighted by molar-refractivity contribution is 0.0981. The molecule has 1 atom stereocenters. The van der Waals surface area contributed by atoms with E-state index in [-0.39, 0.29) is 21.9 Å². The zero-order valence-electron chi connectivity index (χ0n) is 21.1. The summed E-state index contributed by atoms with van der Waals surface area (Å²) in [6.07, 6.45) is 6.02. The van der Waals surface area contributed by atoms with Gasteiger partial charge < -0.3 is 16.4 Å². The van der Waals surface area contributed by atoms with Crippen molar-refractivity contribution in [2.45, 2.75) is 64.4 Å². The van der Waals surface area contributed by atoms with Gasteiger partial charge in [0.05, 0.1) is 5.56 Å². The lowest BCUT2D eigenvalue weighted by Gasteiger charge is -2.33. The van der Waals surface area contributed by atoms with Crippen LogP contribution in [0.3, 0.4) is 0 Å². The first kappa shape index (κ1) is 26.5. The van der Waals surface area contributed by atoms with Crippen LogP contribution in [0, 0.1) is 11.8 Å². The molecule has 10 heteroatoms. The summed E-state index contributed by atoms with van der Waals surface area (Å²) in [6, 6.07) is 5.86. The molecule has 2 aromatic rings. The second-order valence-corrected chi connectivity index (χ2v) is 12.0. The van der Waals surface area contributed by atoms with E-state index in [0.717, 1.165) is 12.8 Å². The predicted molar refractivity (Wildman–Crippen MR) is 139 cm³/mol. The molecule has 0 bridgehead atoms. The SMILES string of the molecule is CC(C)CC/C(N)=C/c1cnc(N2CC(C)CC2(C)C)c(C(=O)NS(=O)(=O)c2cccc(N)n2)c1. The molecule has 1 amide bonds. The van der Waals surface area contributed by atoms with Gasteiger partial charge in [-0.1, -0.05) is 26.8 Å². The van der Waals surface area contributed by atoms with Crippen molar-refractivity contribution in [3.05, 3.63) is 47.3 Å². The van der Waals surface area contributed by atoms with E-state index in [1.165, 1.54) is 18.2 Å². The third-order valence-corrected chi connectivity index (χ3v) is 7.30. The molecule has 2 aromatic heterocycles. The first-order valence-electron chi connectivity index (χ1n) is 11.8. The molecule has 0 aromatic carbocycles. The van der Waals surface area contributed by atoms with Gasteiger partial charge in [-0.25, -0.2) is 14.7 Å². The molecule has 0 saturated carbocycles. The molecule has 0 radical (unpaired) electrons. The van der Waals surface area contributed by atoms with E-state index in [4.69, 9.17) is 11.5 Å². The second kappa shape index (κ2) is 10.2. The van der Waals surface area contributed by atoms with Crippen molar-refractivity contribution >= 4 is 33.6 Å². The Morgan fingerprint density at radius 1 is 1.34 bits per heavy atom. The maximum atomic E-state index is 13.4. The molecule has 3 rings (SSSR count). The summed E-state index contributed by atoms with van der Waals surface area (Å²) in [6.45, 7) is 11.3. The van der Waals surface area contributed by atoms with Crippen molar-refractivity contribution in [1.82, 2.24) is 14.7 Å². The Bertz CT molecular complexity index is 1220. The number of nitrogens with one attached hydrogen (secondary N) is 1. The third kappa shape index (κ3) is 6.50. The Morgan fingerprint density at radius 2 is 2.06 bits per heavy atom. The monoisotopic (exact) mass is 500 g/mol. The number of aromatic nitrogens is 2. The molecule has 3 heterocycles. The highest BCUT2D eigenvalue weighted by Crippen LogP contribution is 2.37. The van der Waals surface area contributed by atoms with Crippen LogP contribution in [-0.4, -0.2) is 36.4 Å². The van der Waals surface area contributed by atoms with Crippen LogP contribution in [0.4, 0.5) is 11.6 Å². The molecule has 1 aliphatic rings. The number of pyridine rings is 2. The van der Waals surface area contributed by atoms with Crippen LogP contribution in [0.5, 0.6) is 0 Å². The standard InChI is InChI=1S/C25H36N6O3S/c1-16(2)9-10-19(26)11-18-12-20(23(28-14-18)31-15-17(3)13-25(31,4)5)24(32)30-35(33,34)22-8-6-7-21(27)29-22/h6-8,11-12,14,16-17H,9-10,13,15,26H2,1-5H3,(H2,27,29)(H,30,32)/b19-11-. The van der Waals surface area contributed by atoms with E-state index in [2.05, 4.69) is 54.2 Å². The fourth-order valence-electron chi connectivity index (χ4n) is 4.45. The number of nitrogens with zero attached hydrogens (tertiary/aromatic N) is 3. The lowest BCUT2D eigenvalue weighted by atomic mass is 9.97. The normalized spacial score (nSPS) is 18.2. The number of hydrogen-bond acceptors (Lipinski definition) is 8. The minimum atomic E-state index is -4.24. The Morgan fingerprint density at radius 3 is 2.66 bits per heavy atom. The van der Waals surface area contributed by atoms with Crippen molar-refractivity contribution in [3.8, 4) is 0 Å². The molecule has 190 valence electrons. The summed E-state index contributed by atoms with van der Waals surface area (Å²) in [7, 11) is -4.24. The number of sulfonamides is 1. The fraction of sp³-hybridized carbons (Fsp3) is 0.480. The molecule has 0 spiro atoms. The molecule has 35 heavy (non-hydrogen) atoms. The van der Waals surface area contributed by atoms with Crippen LogP contribution in [0.2, 0.25) is 0 Å². The van der Waals surface area contributed by atoms with Crippen LogP contribution in [0.1, 0.15) is 69.8 Å². The number of allylic oxidation sites excluding steroid dienone is 1. The molecular weight excluding hydrogens is 464 g/mol. The molecule has 5 N–H and O–H groups in total. The smallest absolute Gasteiger partial charge is 0.281 e. The van der Waals surface area contributed by atoms with Gasteiger partial charge in [-0.15, -0.1) is 0 Å². The number of carbonyl (C=O) groups excluding carboxylic acids is 1. The number of nitrogen functional groups attached to an aromatic ring is 1. The van der Waals surface area contributed by atoms with Crippen LogP contribution >= 0.6 is 0 Å². The summed E-state index contributed by atoms with van der Waals surface area (Å²) in [5, 5.41) is -0.329. The van der Waals surface area contributed by atoms with Crippen molar-refractivity contribution in [2.24, 2.45) is 17.6 Å². The van der Waals surface area contributed by atoms with Gasteiger partial charge in [-0.3, -0.25) is 4.79 Å². The van der Waals surface area contributed by atoms with Crippen molar-refractivity contribution < 1.29 is 13.2 Å². The summed E-state index contributed by atoms with van der Waals surface area (Å²) in [4.78, 5) is 23.9. The fourth-order valence-corrected chi connectivity index (χ4v) is 5.39. The average molecular weight is 501 g/mol. The van der Waals surface area contributed by atoms with E-state index in [1.807, 2.05) is 0 Å². The van der Waals surface area contributed by atoms with Gasteiger partial charge in [-0.05, 0) is 74.8 Å². The van der Waals surface area contributed by atoms with E-state index >= 15 is 0 Å². The highest BCUT2D eigenvalue weighted by molar-refractivity contribution is 7.90.